The summed E-state index contributed by atoms with van der Waals surface area (Å²) in [6, 6.07) is 5.30. The van der Waals surface area contributed by atoms with E-state index in [1.54, 1.807) is 12.1 Å². The number of benzene rings is 1. The summed E-state index contributed by atoms with van der Waals surface area (Å²) in [5.41, 5.74) is 5.95. The molecule has 0 aromatic heterocycles. The lowest BCUT2D eigenvalue weighted by atomic mass is 10.1. The van der Waals surface area contributed by atoms with E-state index >= 15 is 0 Å². The highest BCUT2D eigenvalue weighted by atomic mass is 32.2. The average Bonchev–Trinajstić information content (AvgIpc) is 2.15. The van der Waals surface area contributed by atoms with Gasteiger partial charge in [-0.05, 0) is 17.7 Å². The molecule has 0 aliphatic carbocycles. The Kier molecular flexibility index (Phi) is 3.03. The Hall–Kier alpha value is -1.20. The SMILES string of the molecule is CS(=O)(=O)c1cccc(C(N)C=O)c1. The van der Waals surface area contributed by atoms with Gasteiger partial charge in [0.2, 0.25) is 0 Å². The van der Waals surface area contributed by atoms with Crippen molar-refractivity contribution in [1.82, 2.24) is 0 Å². The van der Waals surface area contributed by atoms with Gasteiger partial charge in [-0.1, -0.05) is 12.1 Å². The number of carbonyl (C=O) groups excluding carboxylic acids is 1. The average molecular weight is 213 g/mol. The van der Waals surface area contributed by atoms with Crippen LogP contribution in [0.15, 0.2) is 29.2 Å². The van der Waals surface area contributed by atoms with Gasteiger partial charge in [0, 0.05) is 6.26 Å². The highest BCUT2D eigenvalue weighted by Gasteiger charge is 2.10. The number of nitrogens with two attached hydrogens (primary N) is 1. The summed E-state index contributed by atoms with van der Waals surface area (Å²) in [7, 11) is -3.24. The number of aldehydes is 1. The smallest absolute Gasteiger partial charge is 0.175 e. The Bertz CT molecular complexity index is 439. The normalized spacial score (nSPS) is 13.6. The molecule has 1 aromatic rings. The number of hydrogen-bond donors (Lipinski definition) is 1. The molecule has 0 aliphatic rings. The highest BCUT2D eigenvalue weighted by molar-refractivity contribution is 7.90. The predicted molar refractivity (Wildman–Crippen MR) is 52.5 cm³/mol. The van der Waals surface area contributed by atoms with Gasteiger partial charge < -0.3 is 10.5 Å². The van der Waals surface area contributed by atoms with E-state index in [9.17, 15) is 13.2 Å². The Morgan fingerprint density at radius 2 is 2.07 bits per heavy atom. The molecule has 0 radical (unpaired) electrons. The summed E-state index contributed by atoms with van der Waals surface area (Å²) in [5, 5.41) is 0. The first-order valence-corrected chi connectivity index (χ1v) is 5.85. The van der Waals surface area contributed by atoms with Crippen molar-refractivity contribution in [3.63, 3.8) is 0 Å². The molecule has 14 heavy (non-hydrogen) atoms. The van der Waals surface area contributed by atoms with Gasteiger partial charge in [-0.2, -0.15) is 0 Å². The molecule has 0 spiro atoms. The van der Waals surface area contributed by atoms with E-state index in [2.05, 4.69) is 0 Å². The molecule has 1 atom stereocenters. The van der Waals surface area contributed by atoms with Crippen LogP contribution in [0.5, 0.6) is 0 Å². The van der Waals surface area contributed by atoms with Crippen LogP contribution in [0.1, 0.15) is 11.6 Å². The molecule has 0 heterocycles. The van der Waals surface area contributed by atoms with Gasteiger partial charge in [-0.25, -0.2) is 8.42 Å². The molecule has 76 valence electrons. The van der Waals surface area contributed by atoms with E-state index in [1.807, 2.05) is 0 Å². The maximum atomic E-state index is 11.2. The molecule has 2 N–H and O–H groups in total. The van der Waals surface area contributed by atoms with Crippen molar-refractivity contribution < 1.29 is 13.2 Å². The third-order valence-corrected chi connectivity index (χ3v) is 2.93. The van der Waals surface area contributed by atoms with Gasteiger partial charge >= 0.3 is 0 Å². The molecule has 4 nitrogen and oxygen atoms in total. The Balaban J connectivity index is 3.20. The quantitative estimate of drug-likeness (QED) is 0.732. The fourth-order valence-corrected chi connectivity index (χ4v) is 1.71. The number of hydrogen-bond acceptors (Lipinski definition) is 4. The van der Waals surface area contributed by atoms with Crippen LogP contribution in [0.3, 0.4) is 0 Å². The van der Waals surface area contributed by atoms with Crippen molar-refractivity contribution >= 4 is 16.1 Å². The van der Waals surface area contributed by atoms with E-state index in [-0.39, 0.29) is 4.90 Å². The van der Waals surface area contributed by atoms with Crippen LogP contribution < -0.4 is 5.73 Å². The van der Waals surface area contributed by atoms with E-state index in [4.69, 9.17) is 5.73 Å². The first kappa shape index (κ1) is 10.9. The van der Waals surface area contributed by atoms with Gasteiger partial charge in [-0.15, -0.1) is 0 Å². The van der Waals surface area contributed by atoms with Crippen LogP contribution >= 0.6 is 0 Å². The van der Waals surface area contributed by atoms with Crippen LogP contribution in [0, 0.1) is 0 Å². The van der Waals surface area contributed by atoms with Crippen molar-refractivity contribution in [1.29, 1.82) is 0 Å². The topological polar surface area (TPSA) is 77.2 Å². The zero-order valence-corrected chi connectivity index (χ0v) is 8.49. The minimum atomic E-state index is -3.24. The molecular formula is C9H11NO3S. The van der Waals surface area contributed by atoms with E-state index in [0.29, 0.717) is 11.8 Å². The second-order valence-electron chi connectivity index (χ2n) is 3.01. The molecule has 0 amide bonds. The first-order valence-electron chi connectivity index (χ1n) is 3.96. The fourth-order valence-electron chi connectivity index (χ4n) is 1.03. The highest BCUT2D eigenvalue weighted by Crippen LogP contribution is 2.14. The van der Waals surface area contributed by atoms with Crippen LogP contribution in [0.4, 0.5) is 0 Å². The van der Waals surface area contributed by atoms with Gasteiger partial charge in [0.05, 0.1) is 10.9 Å². The maximum absolute atomic E-state index is 11.2. The number of sulfone groups is 1. The maximum Gasteiger partial charge on any atom is 0.175 e. The molecule has 0 saturated heterocycles. The van der Waals surface area contributed by atoms with Crippen molar-refractivity contribution in [3.05, 3.63) is 29.8 Å². The van der Waals surface area contributed by atoms with Gasteiger partial charge in [0.25, 0.3) is 0 Å². The lowest BCUT2D eigenvalue weighted by Gasteiger charge is -2.05. The summed E-state index contributed by atoms with van der Waals surface area (Å²) in [6.45, 7) is 0. The van der Waals surface area contributed by atoms with Gasteiger partial charge in [-0.3, -0.25) is 0 Å². The van der Waals surface area contributed by atoms with Crippen LogP contribution in [-0.4, -0.2) is 21.0 Å². The largest absolute Gasteiger partial charge is 0.318 e. The molecule has 0 fully saturated rings. The minimum Gasteiger partial charge on any atom is -0.318 e. The monoisotopic (exact) mass is 213 g/mol. The van der Waals surface area contributed by atoms with Gasteiger partial charge in [0.15, 0.2) is 9.84 Å². The van der Waals surface area contributed by atoms with E-state index < -0.39 is 15.9 Å². The Morgan fingerprint density at radius 1 is 1.43 bits per heavy atom. The van der Waals surface area contributed by atoms with Crippen molar-refractivity contribution in [2.24, 2.45) is 5.73 Å². The number of carbonyl (C=O) groups is 1. The number of rotatable bonds is 3. The van der Waals surface area contributed by atoms with E-state index in [1.165, 1.54) is 12.1 Å². The summed E-state index contributed by atoms with van der Waals surface area (Å²) < 4.78 is 22.3. The summed E-state index contributed by atoms with van der Waals surface area (Å²) >= 11 is 0. The van der Waals surface area contributed by atoms with Crippen molar-refractivity contribution in [2.45, 2.75) is 10.9 Å². The summed E-state index contributed by atoms with van der Waals surface area (Å²) in [6.07, 6.45) is 1.68. The van der Waals surface area contributed by atoms with Gasteiger partial charge in [0.1, 0.15) is 6.29 Å². The van der Waals surface area contributed by atoms with Crippen LogP contribution in [0.25, 0.3) is 0 Å². The molecule has 0 aliphatic heterocycles. The lowest BCUT2D eigenvalue weighted by molar-refractivity contribution is -0.109. The van der Waals surface area contributed by atoms with Crippen LogP contribution in [-0.2, 0) is 14.6 Å². The second-order valence-corrected chi connectivity index (χ2v) is 5.02. The molecule has 5 heteroatoms. The standard InChI is InChI=1S/C9H11NO3S/c1-14(12,13)8-4-2-3-7(5-8)9(10)6-11/h2-6,9H,10H2,1H3. The van der Waals surface area contributed by atoms with Crippen molar-refractivity contribution in [3.8, 4) is 0 Å². The second kappa shape index (κ2) is 3.89. The third kappa shape index (κ3) is 2.40. The fraction of sp³-hybridized carbons (Fsp3) is 0.222. The molecule has 0 saturated carbocycles. The molecular weight excluding hydrogens is 202 g/mol. The van der Waals surface area contributed by atoms with Crippen LogP contribution in [0.2, 0.25) is 0 Å². The first-order chi connectivity index (χ1) is 6.45. The van der Waals surface area contributed by atoms with Crippen molar-refractivity contribution in [2.75, 3.05) is 6.26 Å². The lowest BCUT2D eigenvalue weighted by Crippen LogP contribution is -2.11. The summed E-state index contributed by atoms with van der Waals surface area (Å²) in [5.74, 6) is 0. The third-order valence-electron chi connectivity index (χ3n) is 1.82. The zero-order valence-electron chi connectivity index (χ0n) is 7.67. The Morgan fingerprint density at radius 3 is 2.57 bits per heavy atom. The molecule has 1 rings (SSSR count). The molecule has 1 unspecified atom stereocenters. The van der Waals surface area contributed by atoms with E-state index in [0.717, 1.165) is 6.26 Å². The summed E-state index contributed by atoms with van der Waals surface area (Å²) in [4.78, 5) is 10.6. The zero-order chi connectivity index (χ0) is 10.8. The Labute approximate surface area is 82.7 Å². The molecule has 1 aromatic carbocycles. The molecule has 0 bridgehead atoms. The predicted octanol–water partition coefficient (Wildman–Crippen LogP) is 0.289. The minimum absolute atomic E-state index is 0.173.